The molecule has 1 aliphatic rings. The zero-order valence-electron chi connectivity index (χ0n) is 8.95. The maximum Gasteiger partial charge on any atom is 0.165 e. The molecule has 0 saturated heterocycles. The van der Waals surface area contributed by atoms with E-state index in [1.54, 1.807) is 6.07 Å². The van der Waals surface area contributed by atoms with Gasteiger partial charge in [0.15, 0.2) is 5.82 Å². The monoisotopic (exact) mass is 252 g/mol. The summed E-state index contributed by atoms with van der Waals surface area (Å²) in [5.74, 6) is 1.23. The molecule has 0 bridgehead atoms. The van der Waals surface area contributed by atoms with Gasteiger partial charge in [-0.1, -0.05) is 11.6 Å². The van der Waals surface area contributed by atoms with Crippen molar-refractivity contribution in [2.24, 2.45) is 0 Å². The van der Waals surface area contributed by atoms with E-state index in [9.17, 15) is 4.39 Å². The second-order valence-corrected chi connectivity index (χ2v) is 4.30. The summed E-state index contributed by atoms with van der Waals surface area (Å²) < 4.78 is 15.0. The second kappa shape index (κ2) is 4.09. The molecule has 17 heavy (non-hydrogen) atoms. The fourth-order valence-corrected chi connectivity index (χ4v) is 2.21. The molecule has 2 heterocycles. The van der Waals surface area contributed by atoms with Crippen LogP contribution < -0.4 is 5.32 Å². The Balaban J connectivity index is 2.12. The van der Waals surface area contributed by atoms with Gasteiger partial charge in [-0.05, 0) is 18.2 Å². The van der Waals surface area contributed by atoms with E-state index in [-0.39, 0.29) is 5.82 Å². The normalized spacial score (nSPS) is 14.7. The Hall–Kier alpha value is -1.46. The number of fused-ring (bicyclic) bond motifs is 1. The molecular formula is C11H10ClFN4. The highest BCUT2D eigenvalue weighted by molar-refractivity contribution is 6.33. The zero-order valence-corrected chi connectivity index (χ0v) is 9.71. The Labute approximate surface area is 102 Å². The maximum atomic E-state index is 13.0. The Morgan fingerprint density at radius 1 is 1.35 bits per heavy atom. The first kappa shape index (κ1) is 10.7. The number of rotatable bonds is 1. The first-order valence-electron chi connectivity index (χ1n) is 5.34. The largest absolute Gasteiger partial charge is 0.309 e. The average Bonchev–Trinajstić information content (AvgIpc) is 2.73. The van der Waals surface area contributed by atoms with Gasteiger partial charge in [0, 0.05) is 18.7 Å². The lowest BCUT2D eigenvalue weighted by Crippen LogP contribution is -2.28. The first-order valence-corrected chi connectivity index (χ1v) is 5.72. The molecule has 0 aliphatic carbocycles. The van der Waals surface area contributed by atoms with Crippen LogP contribution in [0, 0.1) is 5.82 Å². The summed E-state index contributed by atoms with van der Waals surface area (Å²) in [6.45, 7) is 2.37. The second-order valence-electron chi connectivity index (χ2n) is 3.89. The lowest BCUT2D eigenvalue weighted by molar-refractivity contribution is 0.508. The van der Waals surface area contributed by atoms with E-state index in [0.717, 1.165) is 18.9 Å². The van der Waals surface area contributed by atoms with Crippen molar-refractivity contribution in [2.75, 3.05) is 6.54 Å². The van der Waals surface area contributed by atoms with Gasteiger partial charge >= 0.3 is 0 Å². The summed E-state index contributed by atoms with van der Waals surface area (Å²) >= 11 is 6.03. The van der Waals surface area contributed by atoms with Crippen LogP contribution in [0.2, 0.25) is 5.02 Å². The number of benzene rings is 1. The Morgan fingerprint density at radius 2 is 2.24 bits per heavy atom. The molecule has 0 radical (unpaired) electrons. The summed E-state index contributed by atoms with van der Waals surface area (Å²) in [7, 11) is 0. The van der Waals surface area contributed by atoms with Crippen molar-refractivity contribution in [3.05, 3.63) is 34.9 Å². The van der Waals surface area contributed by atoms with E-state index in [4.69, 9.17) is 11.6 Å². The Bertz CT molecular complexity index is 567. The third-order valence-corrected chi connectivity index (χ3v) is 3.11. The number of halogens is 2. The van der Waals surface area contributed by atoms with Gasteiger partial charge in [-0.25, -0.2) is 4.39 Å². The van der Waals surface area contributed by atoms with Crippen molar-refractivity contribution >= 4 is 11.6 Å². The summed E-state index contributed by atoms with van der Waals surface area (Å²) in [6, 6.07) is 4.31. The standard InChI is InChI=1S/C11H10ClFN4/c12-9-5-7(13)1-2-8(9)11-16-15-10-6-14-3-4-17(10)11/h1-2,5,14H,3-4,6H2. The molecule has 0 fully saturated rings. The molecule has 4 nitrogen and oxygen atoms in total. The highest BCUT2D eigenvalue weighted by Gasteiger charge is 2.18. The van der Waals surface area contributed by atoms with Crippen LogP contribution in [-0.4, -0.2) is 21.3 Å². The van der Waals surface area contributed by atoms with Gasteiger partial charge in [0.25, 0.3) is 0 Å². The minimum Gasteiger partial charge on any atom is -0.309 e. The molecule has 3 rings (SSSR count). The van der Waals surface area contributed by atoms with Crippen LogP contribution in [0.25, 0.3) is 11.4 Å². The SMILES string of the molecule is Fc1ccc(-c2nnc3n2CCNC3)c(Cl)c1. The molecule has 1 N–H and O–H groups in total. The zero-order chi connectivity index (χ0) is 11.8. The van der Waals surface area contributed by atoms with Crippen molar-refractivity contribution in [1.29, 1.82) is 0 Å². The van der Waals surface area contributed by atoms with Gasteiger partial charge in [0.05, 0.1) is 11.6 Å². The van der Waals surface area contributed by atoms with Crippen molar-refractivity contribution in [3.8, 4) is 11.4 Å². The molecule has 0 atom stereocenters. The molecular weight excluding hydrogens is 243 g/mol. The molecule has 1 aromatic carbocycles. The molecule has 6 heteroatoms. The lowest BCUT2D eigenvalue weighted by Gasteiger charge is -2.16. The quantitative estimate of drug-likeness (QED) is 0.842. The van der Waals surface area contributed by atoms with E-state index in [0.29, 0.717) is 23.0 Å². The minimum absolute atomic E-state index is 0.348. The number of nitrogens with one attached hydrogen (secondary N) is 1. The van der Waals surface area contributed by atoms with E-state index in [1.807, 2.05) is 4.57 Å². The van der Waals surface area contributed by atoms with Crippen LogP contribution in [0.15, 0.2) is 18.2 Å². The third kappa shape index (κ3) is 1.81. The highest BCUT2D eigenvalue weighted by Crippen LogP contribution is 2.28. The number of hydrogen-bond acceptors (Lipinski definition) is 3. The van der Waals surface area contributed by atoms with Gasteiger partial charge in [0.2, 0.25) is 0 Å². The van der Waals surface area contributed by atoms with E-state index >= 15 is 0 Å². The lowest BCUT2D eigenvalue weighted by atomic mass is 10.2. The fraction of sp³-hybridized carbons (Fsp3) is 0.273. The Morgan fingerprint density at radius 3 is 3.06 bits per heavy atom. The minimum atomic E-state index is -0.348. The van der Waals surface area contributed by atoms with Crippen LogP contribution in [0.4, 0.5) is 4.39 Å². The van der Waals surface area contributed by atoms with Crippen LogP contribution in [0.3, 0.4) is 0 Å². The summed E-state index contributed by atoms with van der Waals surface area (Å²) in [6.07, 6.45) is 0. The highest BCUT2D eigenvalue weighted by atomic mass is 35.5. The van der Waals surface area contributed by atoms with Crippen molar-refractivity contribution in [3.63, 3.8) is 0 Å². The van der Waals surface area contributed by atoms with E-state index < -0.39 is 0 Å². The van der Waals surface area contributed by atoms with Crippen molar-refractivity contribution in [1.82, 2.24) is 20.1 Å². The number of aromatic nitrogens is 3. The molecule has 88 valence electrons. The van der Waals surface area contributed by atoms with Gasteiger partial charge in [-0.2, -0.15) is 0 Å². The molecule has 0 spiro atoms. The third-order valence-electron chi connectivity index (χ3n) is 2.79. The molecule has 1 aromatic heterocycles. The van der Waals surface area contributed by atoms with Crippen LogP contribution >= 0.6 is 11.6 Å². The van der Waals surface area contributed by atoms with Gasteiger partial charge in [-0.15, -0.1) is 10.2 Å². The van der Waals surface area contributed by atoms with Gasteiger partial charge in [0.1, 0.15) is 11.6 Å². The smallest absolute Gasteiger partial charge is 0.165 e. The predicted molar refractivity (Wildman–Crippen MR) is 62.1 cm³/mol. The predicted octanol–water partition coefficient (Wildman–Crippen LogP) is 1.84. The first-order chi connectivity index (χ1) is 8.25. The summed E-state index contributed by atoms with van der Waals surface area (Å²) in [5.41, 5.74) is 0.716. The molecule has 1 aliphatic heterocycles. The molecule has 0 amide bonds. The molecule has 2 aromatic rings. The summed E-state index contributed by atoms with van der Waals surface area (Å²) in [4.78, 5) is 0. The maximum absolute atomic E-state index is 13.0. The van der Waals surface area contributed by atoms with Crippen molar-refractivity contribution < 1.29 is 4.39 Å². The van der Waals surface area contributed by atoms with Gasteiger partial charge < -0.3 is 9.88 Å². The van der Waals surface area contributed by atoms with Gasteiger partial charge in [-0.3, -0.25) is 0 Å². The van der Waals surface area contributed by atoms with Crippen LogP contribution in [-0.2, 0) is 13.1 Å². The molecule has 0 unspecified atom stereocenters. The average molecular weight is 253 g/mol. The Kier molecular flexibility index (Phi) is 2.57. The number of hydrogen-bond donors (Lipinski definition) is 1. The summed E-state index contributed by atoms with van der Waals surface area (Å²) in [5, 5.41) is 11.8. The number of nitrogens with zero attached hydrogens (tertiary/aromatic N) is 3. The van der Waals surface area contributed by atoms with E-state index in [1.165, 1.54) is 12.1 Å². The van der Waals surface area contributed by atoms with Crippen LogP contribution in [0.5, 0.6) is 0 Å². The molecule has 0 saturated carbocycles. The fourth-order valence-electron chi connectivity index (χ4n) is 1.96. The topological polar surface area (TPSA) is 42.7 Å². The van der Waals surface area contributed by atoms with Crippen LogP contribution in [0.1, 0.15) is 5.82 Å². The van der Waals surface area contributed by atoms with E-state index in [2.05, 4.69) is 15.5 Å². The van der Waals surface area contributed by atoms with Crippen molar-refractivity contribution in [2.45, 2.75) is 13.1 Å².